The number of H-pyrrole nitrogens is 1. The molecule has 32 heavy (non-hydrogen) atoms. The van der Waals surface area contributed by atoms with Crippen LogP contribution in [0.5, 0.6) is 0 Å². The van der Waals surface area contributed by atoms with Crippen LogP contribution in [0.25, 0.3) is 10.9 Å². The number of alkyl halides is 2. The summed E-state index contributed by atoms with van der Waals surface area (Å²) in [6.45, 7) is 1.97. The van der Waals surface area contributed by atoms with Crippen LogP contribution in [-0.2, 0) is 0 Å². The maximum atomic E-state index is 14.6. The molecule has 2 aromatic carbocycles. The number of rotatable bonds is 4. The molecular weight excluding hydrogens is 431 g/mol. The predicted octanol–water partition coefficient (Wildman–Crippen LogP) is 4.64. The van der Waals surface area contributed by atoms with E-state index in [4.69, 9.17) is 5.26 Å². The number of nitrogens with zero attached hydrogens (tertiary/aromatic N) is 3. The average molecular weight is 446 g/mol. The second-order valence-corrected chi connectivity index (χ2v) is 7.34. The van der Waals surface area contributed by atoms with Crippen LogP contribution < -0.4 is 10.6 Å². The Labute approximate surface area is 179 Å². The molecule has 3 aromatic rings. The first-order valence-corrected chi connectivity index (χ1v) is 9.19. The number of hydrogen-bond donors (Lipinski definition) is 1. The zero-order valence-electron chi connectivity index (χ0n) is 16.8. The molecule has 5 nitrogen and oxygen atoms in total. The zero-order chi connectivity index (χ0) is 23.6. The van der Waals surface area contributed by atoms with Crippen LogP contribution in [0.4, 0.5) is 33.5 Å². The number of halogens is 5. The van der Waals surface area contributed by atoms with Crippen molar-refractivity contribution in [2.45, 2.75) is 20.3 Å². The number of nitriles is 1. The van der Waals surface area contributed by atoms with Crippen LogP contribution in [0.2, 0.25) is 0 Å². The fourth-order valence-electron chi connectivity index (χ4n) is 2.87. The van der Waals surface area contributed by atoms with Crippen molar-refractivity contribution in [2.24, 2.45) is 5.41 Å². The summed E-state index contributed by atoms with van der Waals surface area (Å²) in [5.74, 6) is 1.07. The Bertz CT molecular complexity index is 1350. The SMILES string of the molecule is CC(C)(C#N)C#Cc1cc(F)cc(N(CC(F)F)c2nc(=O)[nH]c3ccc(F)c(F)c23)c1. The molecule has 0 atom stereocenters. The second kappa shape index (κ2) is 8.67. The number of nitrogens with one attached hydrogen (secondary N) is 1. The molecular formula is C22H15F5N4O. The molecule has 0 spiro atoms. The van der Waals surface area contributed by atoms with Crippen LogP contribution in [0.3, 0.4) is 0 Å². The summed E-state index contributed by atoms with van der Waals surface area (Å²) in [6, 6.07) is 6.89. The molecule has 1 heterocycles. The van der Waals surface area contributed by atoms with Crippen molar-refractivity contribution >= 4 is 22.4 Å². The number of anilines is 2. The van der Waals surface area contributed by atoms with Gasteiger partial charge >= 0.3 is 5.69 Å². The van der Waals surface area contributed by atoms with E-state index in [0.29, 0.717) is 4.90 Å². The highest BCUT2D eigenvalue weighted by Gasteiger charge is 2.24. The monoisotopic (exact) mass is 446 g/mol. The summed E-state index contributed by atoms with van der Waals surface area (Å²) in [5, 5.41) is 8.52. The van der Waals surface area contributed by atoms with Crippen molar-refractivity contribution < 1.29 is 22.0 Å². The third-order valence-corrected chi connectivity index (χ3v) is 4.34. The Balaban J connectivity index is 2.27. The van der Waals surface area contributed by atoms with E-state index < -0.39 is 52.7 Å². The molecule has 164 valence electrons. The largest absolute Gasteiger partial charge is 0.347 e. The molecule has 0 saturated carbocycles. The van der Waals surface area contributed by atoms with Gasteiger partial charge < -0.3 is 9.88 Å². The Morgan fingerprint density at radius 2 is 1.91 bits per heavy atom. The van der Waals surface area contributed by atoms with E-state index in [1.165, 1.54) is 19.9 Å². The third kappa shape index (κ3) is 4.86. The summed E-state index contributed by atoms with van der Waals surface area (Å²) in [6.07, 6.45) is -3.00. The minimum Gasteiger partial charge on any atom is -0.320 e. The number of aromatic nitrogens is 2. The Morgan fingerprint density at radius 1 is 1.19 bits per heavy atom. The van der Waals surface area contributed by atoms with Crippen molar-refractivity contribution in [3.8, 4) is 17.9 Å². The first-order chi connectivity index (χ1) is 15.0. The molecule has 1 aromatic heterocycles. The third-order valence-electron chi connectivity index (χ3n) is 4.34. The van der Waals surface area contributed by atoms with Gasteiger partial charge in [0.15, 0.2) is 17.5 Å². The number of fused-ring (bicyclic) bond motifs is 1. The molecule has 0 aliphatic rings. The van der Waals surface area contributed by atoms with Gasteiger partial charge in [-0.2, -0.15) is 10.2 Å². The van der Waals surface area contributed by atoms with Gasteiger partial charge in [-0.05, 0) is 44.2 Å². The van der Waals surface area contributed by atoms with E-state index in [1.807, 2.05) is 6.07 Å². The van der Waals surface area contributed by atoms with Gasteiger partial charge in [-0.15, -0.1) is 0 Å². The van der Waals surface area contributed by atoms with E-state index in [-0.39, 0.29) is 16.8 Å². The van der Waals surface area contributed by atoms with E-state index in [1.54, 1.807) is 0 Å². The second-order valence-electron chi connectivity index (χ2n) is 7.34. The quantitative estimate of drug-likeness (QED) is 0.468. The molecule has 0 aliphatic carbocycles. The van der Waals surface area contributed by atoms with Gasteiger partial charge in [-0.1, -0.05) is 11.8 Å². The molecule has 0 saturated heterocycles. The smallest absolute Gasteiger partial charge is 0.320 e. The van der Waals surface area contributed by atoms with Crippen LogP contribution in [0.15, 0.2) is 35.1 Å². The van der Waals surface area contributed by atoms with Crippen molar-refractivity contribution in [1.29, 1.82) is 5.26 Å². The van der Waals surface area contributed by atoms with Gasteiger partial charge in [0.05, 0.1) is 23.5 Å². The van der Waals surface area contributed by atoms with Gasteiger partial charge in [0.25, 0.3) is 6.43 Å². The van der Waals surface area contributed by atoms with Crippen molar-refractivity contribution in [3.05, 3.63) is 63.8 Å². The van der Waals surface area contributed by atoms with E-state index in [9.17, 15) is 26.7 Å². The Morgan fingerprint density at radius 3 is 2.56 bits per heavy atom. The lowest BCUT2D eigenvalue weighted by Gasteiger charge is -2.25. The van der Waals surface area contributed by atoms with Crippen molar-refractivity contribution in [1.82, 2.24) is 9.97 Å². The first-order valence-electron chi connectivity index (χ1n) is 9.19. The summed E-state index contributed by atoms with van der Waals surface area (Å²) in [4.78, 5) is 18.5. The van der Waals surface area contributed by atoms with Crippen LogP contribution in [0, 0.1) is 46.0 Å². The maximum absolute atomic E-state index is 14.6. The van der Waals surface area contributed by atoms with Gasteiger partial charge in [0.2, 0.25) is 0 Å². The number of benzene rings is 2. The Hall–Kier alpha value is -3.92. The van der Waals surface area contributed by atoms with Gasteiger partial charge in [0, 0.05) is 11.3 Å². The summed E-state index contributed by atoms with van der Waals surface area (Å²) < 4.78 is 69.6. The number of aromatic amines is 1. The van der Waals surface area contributed by atoms with Crippen molar-refractivity contribution in [3.63, 3.8) is 0 Å². The molecule has 0 aliphatic heterocycles. The van der Waals surface area contributed by atoms with E-state index in [0.717, 1.165) is 24.3 Å². The highest BCUT2D eigenvalue weighted by molar-refractivity contribution is 5.92. The van der Waals surface area contributed by atoms with Crippen LogP contribution in [-0.4, -0.2) is 22.9 Å². The highest BCUT2D eigenvalue weighted by Crippen LogP contribution is 2.33. The normalized spacial score (nSPS) is 11.2. The topological polar surface area (TPSA) is 72.8 Å². The summed E-state index contributed by atoms with van der Waals surface area (Å²) >= 11 is 0. The average Bonchev–Trinajstić information content (AvgIpc) is 2.72. The molecule has 0 amide bonds. The summed E-state index contributed by atoms with van der Waals surface area (Å²) in [7, 11) is 0. The Kier molecular flexibility index (Phi) is 6.17. The molecule has 0 unspecified atom stereocenters. The number of hydrogen-bond acceptors (Lipinski definition) is 4. The molecule has 3 rings (SSSR count). The minimum absolute atomic E-state index is 0.0448. The molecule has 0 bridgehead atoms. The van der Waals surface area contributed by atoms with E-state index in [2.05, 4.69) is 21.8 Å². The highest BCUT2D eigenvalue weighted by atomic mass is 19.3. The minimum atomic E-state index is -3.00. The standard InChI is InChI=1S/C22H15F5N4O/c1-22(2,11-28)6-5-12-7-13(23)9-14(8-12)31(10-17(25)26)20-18-16(29-21(32)30-20)4-3-15(24)19(18)27/h3-4,7-9,17H,10H2,1-2H3,(H,29,30,32). The predicted molar refractivity (Wildman–Crippen MR) is 108 cm³/mol. The molecule has 0 radical (unpaired) electrons. The molecule has 0 fully saturated rings. The fraction of sp³-hybridized carbons (Fsp3) is 0.227. The van der Waals surface area contributed by atoms with Crippen LogP contribution in [0.1, 0.15) is 19.4 Å². The maximum Gasteiger partial charge on any atom is 0.347 e. The first kappa shape index (κ1) is 22.8. The van der Waals surface area contributed by atoms with Gasteiger partial charge in [0.1, 0.15) is 11.2 Å². The lowest BCUT2D eigenvalue weighted by molar-refractivity contribution is 0.157. The lowest BCUT2D eigenvalue weighted by Crippen LogP contribution is -2.28. The lowest BCUT2D eigenvalue weighted by atomic mass is 9.96. The fourth-order valence-corrected chi connectivity index (χ4v) is 2.87. The van der Waals surface area contributed by atoms with Gasteiger partial charge in [-0.25, -0.2) is 26.7 Å². The molecule has 10 heteroatoms. The van der Waals surface area contributed by atoms with E-state index >= 15 is 0 Å². The van der Waals surface area contributed by atoms with Gasteiger partial charge in [-0.3, -0.25) is 0 Å². The van der Waals surface area contributed by atoms with Crippen LogP contribution >= 0.6 is 0 Å². The zero-order valence-corrected chi connectivity index (χ0v) is 16.8. The molecule has 1 N–H and O–H groups in total. The van der Waals surface area contributed by atoms with Crippen molar-refractivity contribution in [2.75, 3.05) is 11.4 Å². The summed E-state index contributed by atoms with van der Waals surface area (Å²) in [5.41, 5.74) is -2.40.